The molecular weight excluding hydrogens is 1290 g/mol. The average molecular weight is 1360 g/mol. The summed E-state index contributed by atoms with van der Waals surface area (Å²) in [5.74, 6) is 0. The van der Waals surface area contributed by atoms with Crippen molar-refractivity contribution in [3.8, 4) is 100 Å². The standard InChI is InChI=1S/C102H67BN4/c1-5-30-68(31-6-1)74-60-75(69-32-7-2-8-33-69)63-78(62-74)82-40-15-23-48-92(82)106-98-54-29-55-99-102(98)103(88-58-56-72(66-100(88)106)80-38-13-21-46-90(80)104-94-50-25-17-42-84(94)85-43-18-26-51-95(85)104)89-59-57-73(81-39-14-22-47-91(81)105-96-52-27-19-44-86(96)87-45-20-28-53-97(87)105)67-101(89)107(99)93-49-24-16-41-83(93)79-64-76(70-34-9-3-10-35-70)61-77(65-79)71-36-11-4-12-37-71/h1-67H. The van der Waals surface area contributed by atoms with Crippen molar-refractivity contribution in [2.75, 3.05) is 9.80 Å². The zero-order valence-corrected chi connectivity index (χ0v) is 58.5. The van der Waals surface area contributed by atoms with E-state index in [-0.39, 0.29) is 6.71 Å². The first-order chi connectivity index (χ1) is 53.1. The molecule has 0 saturated carbocycles. The third-order valence-corrected chi connectivity index (χ3v) is 22.3. The van der Waals surface area contributed by atoms with E-state index in [1.165, 1.54) is 82.3 Å². The summed E-state index contributed by atoms with van der Waals surface area (Å²) in [5, 5.41) is 4.92. The van der Waals surface area contributed by atoms with Crippen LogP contribution in [-0.4, -0.2) is 15.8 Å². The lowest BCUT2D eigenvalue weighted by molar-refractivity contribution is 1.18. The molecule has 4 heterocycles. The number of benzene rings is 17. The molecule has 0 N–H and O–H groups in total. The summed E-state index contributed by atoms with van der Waals surface area (Å²) in [6.45, 7) is -0.210. The van der Waals surface area contributed by atoms with Crippen molar-refractivity contribution in [2.24, 2.45) is 0 Å². The van der Waals surface area contributed by atoms with Gasteiger partial charge in [0.05, 0.1) is 44.8 Å². The van der Waals surface area contributed by atoms with Gasteiger partial charge in [-0.1, -0.05) is 297 Å². The van der Waals surface area contributed by atoms with Crippen molar-refractivity contribution < 1.29 is 0 Å². The molecule has 498 valence electrons. The number of rotatable bonds is 12. The van der Waals surface area contributed by atoms with Crippen LogP contribution in [0.25, 0.3) is 144 Å². The predicted octanol–water partition coefficient (Wildman–Crippen LogP) is 25.3. The summed E-state index contributed by atoms with van der Waals surface area (Å²) in [4.78, 5) is 5.23. The lowest BCUT2D eigenvalue weighted by atomic mass is 9.33. The Bertz CT molecular complexity index is 6090. The molecule has 17 aromatic carbocycles. The molecule has 0 unspecified atom stereocenters. The van der Waals surface area contributed by atoms with Gasteiger partial charge in [0.2, 0.25) is 0 Å². The maximum Gasteiger partial charge on any atom is 0.252 e. The van der Waals surface area contributed by atoms with Gasteiger partial charge in [-0.15, -0.1) is 0 Å². The minimum Gasteiger partial charge on any atom is -0.311 e. The topological polar surface area (TPSA) is 16.3 Å². The van der Waals surface area contributed by atoms with Crippen molar-refractivity contribution in [1.29, 1.82) is 0 Å². The van der Waals surface area contributed by atoms with Gasteiger partial charge in [0.1, 0.15) is 0 Å². The number of hydrogen-bond acceptors (Lipinski definition) is 2. The number of nitrogens with zero attached hydrogens (tertiary/aromatic N) is 4. The minimum atomic E-state index is -0.210. The zero-order valence-electron chi connectivity index (χ0n) is 58.5. The van der Waals surface area contributed by atoms with E-state index in [2.05, 4.69) is 425 Å². The van der Waals surface area contributed by atoms with Crippen molar-refractivity contribution in [2.45, 2.75) is 0 Å². The molecule has 0 amide bonds. The molecule has 0 radical (unpaired) electrons. The van der Waals surface area contributed by atoms with Crippen LogP contribution in [0, 0.1) is 0 Å². The van der Waals surface area contributed by atoms with Crippen LogP contribution in [0.2, 0.25) is 0 Å². The van der Waals surface area contributed by atoms with Gasteiger partial charge in [-0.25, -0.2) is 0 Å². The highest BCUT2D eigenvalue weighted by Gasteiger charge is 2.44. The van der Waals surface area contributed by atoms with Crippen molar-refractivity contribution in [1.82, 2.24) is 9.13 Å². The molecule has 2 aliphatic rings. The van der Waals surface area contributed by atoms with Gasteiger partial charge in [0.25, 0.3) is 6.71 Å². The summed E-state index contributed by atoms with van der Waals surface area (Å²) >= 11 is 0. The molecule has 21 rings (SSSR count). The van der Waals surface area contributed by atoms with E-state index in [1.807, 2.05) is 0 Å². The second-order valence-corrected chi connectivity index (χ2v) is 28.2. The van der Waals surface area contributed by atoms with E-state index in [0.29, 0.717) is 0 Å². The molecule has 0 atom stereocenters. The maximum atomic E-state index is 2.62. The van der Waals surface area contributed by atoms with Gasteiger partial charge in [-0.05, 0) is 192 Å². The number of fused-ring (bicyclic) bond motifs is 10. The molecular formula is C102H67BN4. The van der Waals surface area contributed by atoms with E-state index in [9.17, 15) is 0 Å². The molecule has 0 bridgehead atoms. The molecule has 0 fully saturated rings. The van der Waals surface area contributed by atoms with E-state index in [1.54, 1.807) is 0 Å². The predicted molar refractivity (Wildman–Crippen MR) is 453 cm³/mol. The van der Waals surface area contributed by atoms with Crippen LogP contribution in [0.4, 0.5) is 34.1 Å². The van der Waals surface area contributed by atoms with Crippen LogP contribution < -0.4 is 26.2 Å². The summed E-state index contributed by atoms with van der Waals surface area (Å²) < 4.78 is 4.94. The Balaban J connectivity index is 0.836. The minimum absolute atomic E-state index is 0.210. The number of para-hydroxylation sites is 8. The molecule has 2 aliphatic heterocycles. The fraction of sp³-hybridized carbons (Fsp3) is 0. The molecule has 0 aliphatic carbocycles. The Hall–Kier alpha value is -14.0. The molecule has 19 aromatic rings. The summed E-state index contributed by atoms with van der Waals surface area (Å²) in [5.41, 5.74) is 35.6. The molecule has 4 nitrogen and oxygen atoms in total. The van der Waals surface area contributed by atoms with Crippen molar-refractivity contribution >= 4 is 101 Å². The Morgan fingerprint density at radius 2 is 0.421 bits per heavy atom. The van der Waals surface area contributed by atoms with Gasteiger partial charge >= 0.3 is 0 Å². The first-order valence-corrected chi connectivity index (χ1v) is 37.0. The highest BCUT2D eigenvalue weighted by Crippen LogP contribution is 2.52. The lowest BCUT2D eigenvalue weighted by Gasteiger charge is -2.45. The smallest absolute Gasteiger partial charge is 0.252 e. The molecule has 0 spiro atoms. The molecule has 0 saturated heterocycles. The Labute approximate surface area is 622 Å². The van der Waals surface area contributed by atoms with Crippen molar-refractivity contribution in [3.05, 3.63) is 406 Å². The summed E-state index contributed by atoms with van der Waals surface area (Å²) in [7, 11) is 0. The second-order valence-electron chi connectivity index (χ2n) is 28.2. The Morgan fingerprint density at radius 3 is 0.757 bits per heavy atom. The van der Waals surface area contributed by atoms with Crippen LogP contribution in [0.3, 0.4) is 0 Å². The highest BCUT2D eigenvalue weighted by molar-refractivity contribution is 7.00. The van der Waals surface area contributed by atoms with Crippen LogP contribution in [0.15, 0.2) is 406 Å². The lowest BCUT2D eigenvalue weighted by Crippen LogP contribution is -2.61. The van der Waals surface area contributed by atoms with E-state index >= 15 is 0 Å². The Kier molecular flexibility index (Phi) is 14.7. The molecule has 2 aromatic heterocycles. The third kappa shape index (κ3) is 10.2. The number of hydrogen-bond donors (Lipinski definition) is 0. The Morgan fingerprint density at radius 1 is 0.159 bits per heavy atom. The monoisotopic (exact) mass is 1360 g/mol. The van der Waals surface area contributed by atoms with Crippen LogP contribution >= 0.6 is 0 Å². The first-order valence-electron chi connectivity index (χ1n) is 37.0. The summed E-state index contributed by atoms with van der Waals surface area (Å²) in [6.07, 6.45) is 0. The van der Waals surface area contributed by atoms with E-state index in [0.717, 1.165) is 112 Å². The van der Waals surface area contributed by atoms with Crippen molar-refractivity contribution in [3.63, 3.8) is 0 Å². The van der Waals surface area contributed by atoms with Crippen LogP contribution in [-0.2, 0) is 0 Å². The van der Waals surface area contributed by atoms with E-state index < -0.39 is 0 Å². The molecule has 5 heteroatoms. The van der Waals surface area contributed by atoms with Crippen LogP contribution in [0.5, 0.6) is 0 Å². The molecule has 107 heavy (non-hydrogen) atoms. The van der Waals surface area contributed by atoms with Gasteiger partial charge < -0.3 is 18.9 Å². The van der Waals surface area contributed by atoms with Gasteiger partial charge in [0.15, 0.2) is 0 Å². The van der Waals surface area contributed by atoms with Crippen LogP contribution in [0.1, 0.15) is 0 Å². The van der Waals surface area contributed by atoms with Gasteiger partial charge in [0, 0.05) is 66.5 Å². The van der Waals surface area contributed by atoms with E-state index in [4.69, 9.17) is 0 Å². The highest BCUT2D eigenvalue weighted by atomic mass is 15.2. The fourth-order valence-electron chi connectivity index (χ4n) is 17.6. The average Bonchev–Trinajstić information content (AvgIpc) is 1.42. The largest absolute Gasteiger partial charge is 0.311 e. The normalized spacial score (nSPS) is 12.2. The van der Waals surface area contributed by atoms with Gasteiger partial charge in [-0.2, -0.15) is 0 Å². The van der Waals surface area contributed by atoms with Gasteiger partial charge in [-0.3, -0.25) is 0 Å². The summed E-state index contributed by atoms with van der Waals surface area (Å²) in [6, 6.07) is 151. The number of aromatic nitrogens is 2. The quantitative estimate of drug-likeness (QED) is 0.113. The third-order valence-electron chi connectivity index (χ3n) is 22.3. The zero-order chi connectivity index (χ0) is 70.5. The SMILES string of the molecule is c1ccc(-c2cc(-c3ccccc3)cc(-c3ccccc3N3c4cc(-c5ccccc5-n5c6ccccc6c6ccccc65)ccc4B4c5ccc(-c6ccccc6-n6c7ccccc7c7ccccc76)cc5N(c5ccccc5-c5cc(-c6ccccc6)cc(-c6ccccc6)c5)c5cccc3c54)c2)cc1. The first kappa shape index (κ1) is 61.7. The fourth-order valence-corrected chi connectivity index (χ4v) is 17.6. The number of anilines is 6. The maximum absolute atomic E-state index is 2.62. The second kappa shape index (κ2) is 25.5.